The van der Waals surface area contributed by atoms with Gasteiger partial charge in [-0.15, -0.1) is 0 Å². The normalized spacial score (nSPS) is 11.9. The maximum atomic E-state index is 13.8. The highest BCUT2D eigenvalue weighted by Crippen LogP contribution is 2.37. The summed E-state index contributed by atoms with van der Waals surface area (Å²) in [7, 11) is 4.04. The van der Waals surface area contributed by atoms with Crippen LogP contribution in [0.5, 0.6) is 0 Å². The summed E-state index contributed by atoms with van der Waals surface area (Å²) in [5, 5.41) is 2.75. The zero-order valence-corrected chi connectivity index (χ0v) is 16.5. The first-order valence-electron chi connectivity index (χ1n) is 7.74. The summed E-state index contributed by atoms with van der Waals surface area (Å²) in [6, 6.07) is 2.28. The predicted molar refractivity (Wildman–Crippen MR) is 98.8 cm³/mol. The van der Waals surface area contributed by atoms with Crippen LogP contribution in [0.15, 0.2) is 18.2 Å². The maximum Gasteiger partial charge on any atom is 0.416 e. The van der Waals surface area contributed by atoms with E-state index in [-0.39, 0.29) is 22.3 Å². The Kier molecular flexibility index (Phi) is 7.27. The molecule has 0 aliphatic carbocycles. The van der Waals surface area contributed by atoms with Gasteiger partial charge in [-0.2, -0.15) is 13.2 Å². The van der Waals surface area contributed by atoms with Crippen molar-refractivity contribution in [3.05, 3.63) is 34.5 Å². The molecule has 5 nitrogen and oxygen atoms in total. The molecule has 1 unspecified atom stereocenters. The van der Waals surface area contributed by atoms with Gasteiger partial charge in [-0.25, -0.2) is 9.37 Å². The van der Waals surface area contributed by atoms with Crippen LogP contribution < -0.4 is 5.32 Å². The molecular formula is C16H18F4N3O2PS. The lowest BCUT2D eigenvalue weighted by atomic mass is 10.1. The van der Waals surface area contributed by atoms with Gasteiger partial charge in [0, 0.05) is 37.6 Å². The number of aromatic nitrogens is 1. The highest BCUT2D eigenvalue weighted by atomic mass is 32.1. The van der Waals surface area contributed by atoms with Crippen molar-refractivity contribution in [1.82, 2.24) is 9.65 Å². The van der Waals surface area contributed by atoms with Gasteiger partial charge in [-0.05, 0) is 18.2 Å². The van der Waals surface area contributed by atoms with Gasteiger partial charge in [0.15, 0.2) is 5.13 Å². The number of benzene rings is 1. The van der Waals surface area contributed by atoms with Crippen LogP contribution in [0.2, 0.25) is 0 Å². The molecule has 1 heterocycles. The highest BCUT2D eigenvalue weighted by molar-refractivity contribution is 7.16. The Labute approximate surface area is 160 Å². The van der Waals surface area contributed by atoms with Crippen molar-refractivity contribution >= 4 is 31.8 Å². The molecule has 0 aliphatic rings. The lowest BCUT2D eigenvalue weighted by Gasteiger charge is -2.15. The van der Waals surface area contributed by atoms with Crippen molar-refractivity contribution in [2.24, 2.45) is 0 Å². The van der Waals surface area contributed by atoms with Crippen LogP contribution in [0.3, 0.4) is 0 Å². The molecule has 0 saturated carbocycles. The number of hydrogen-bond acceptors (Lipinski definition) is 5. The summed E-state index contributed by atoms with van der Waals surface area (Å²) >= 11 is 1.12. The number of methoxy groups -OCH3 is 1. The van der Waals surface area contributed by atoms with E-state index in [1.165, 1.54) is 6.92 Å². The zero-order chi connectivity index (χ0) is 20.2. The Morgan fingerprint density at radius 3 is 2.67 bits per heavy atom. The number of halogens is 4. The van der Waals surface area contributed by atoms with Crippen LogP contribution in [-0.2, 0) is 22.3 Å². The Bertz CT molecular complexity index is 813. The van der Waals surface area contributed by atoms with Crippen molar-refractivity contribution in [2.75, 3.05) is 25.6 Å². The summed E-state index contributed by atoms with van der Waals surface area (Å²) in [4.78, 5) is 16.1. The third kappa shape index (κ3) is 6.21. The minimum absolute atomic E-state index is 0.00433. The number of nitrogens with one attached hydrogen (secondary N) is 1. The molecule has 1 aromatic heterocycles. The van der Waals surface area contributed by atoms with Crippen molar-refractivity contribution < 1.29 is 27.1 Å². The molecule has 11 heteroatoms. The number of anilines is 1. The van der Waals surface area contributed by atoms with Gasteiger partial charge in [0.05, 0.1) is 17.9 Å². The van der Waals surface area contributed by atoms with E-state index in [9.17, 15) is 22.4 Å². The van der Waals surface area contributed by atoms with Gasteiger partial charge in [-0.1, -0.05) is 20.7 Å². The molecule has 27 heavy (non-hydrogen) atoms. The molecule has 0 radical (unpaired) electrons. The van der Waals surface area contributed by atoms with E-state index in [2.05, 4.69) is 19.7 Å². The van der Waals surface area contributed by atoms with E-state index >= 15 is 0 Å². The summed E-state index contributed by atoms with van der Waals surface area (Å²) in [6.07, 6.45) is -4.68. The van der Waals surface area contributed by atoms with E-state index in [0.29, 0.717) is 30.6 Å². The number of carbonyl (C=O) groups is 1. The largest absolute Gasteiger partial charge is 0.416 e. The van der Waals surface area contributed by atoms with Gasteiger partial charge in [0.25, 0.3) is 0 Å². The molecule has 0 bridgehead atoms. The number of rotatable bonds is 7. The van der Waals surface area contributed by atoms with E-state index in [0.717, 1.165) is 23.5 Å². The number of hydrogen-bond donors (Lipinski definition) is 1. The van der Waals surface area contributed by atoms with E-state index in [1.54, 1.807) is 7.11 Å². The Morgan fingerprint density at radius 2 is 2.07 bits per heavy atom. The molecule has 2 aromatic rings. The highest BCUT2D eigenvalue weighted by Gasteiger charge is 2.32. The first kappa shape index (κ1) is 21.7. The summed E-state index contributed by atoms with van der Waals surface area (Å²) in [5.74, 6) is -1.37. The summed E-state index contributed by atoms with van der Waals surface area (Å²) in [6.45, 7) is 2.61. The second-order valence-electron chi connectivity index (χ2n) is 5.66. The standard InChI is InChI=1S/C16H18F4N3O2PS/c1-9(24)21-15-22-14(13(27-15)8-23(26)3-4-25-2)10-5-11(16(18,19)20)7-12(17)6-10/h5-7H,3-4,8,26H2,1-2H3,(H,21,22,24). The van der Waals surface area contributed by atoms with Gasteiger partial charge in [0.2, 0.25) is 5.91 Å². The van der Waals surface area contributed by atoms with Crippen LogP contribution in [-0.4, -0.2) is 35.8 Å². The number of thiazole rings is 1. The zero-order valence-electron chi connectivity index (χ0n) is 14.6. The van der Waals surface area contributed by atoms with Crippen LogP contribution >= 0.6 is 20.7 Å². The number of alkyl halides is 3. The molecule has 1 amide bonds. The monoisotopic (exact) mass is 423 g/mol. The van der Waals surface area contributed by atoms with Crippen molar-refractivity contribution in [2.45, 2.75) is 19.6 Å². The molecule has 0 fully saturated rings. The number of carbonyl (C=O) groups excluding carboxylic acids is 1. The molecule has 1 atom stereocenters. The molecule has 0 saturated heterocycles. The van der Waals surface area contributed by atoms with E-state index in [1.807, 2.05) is 4.67 Å². The number of ether oxygens (including phenoxy) is 1. The third-order valence-corrected chi connectivity index (χ3v) is 4.80. The van der Waals surface area contributed by atoms with Gasteiger partial charge in [0.1, 0.15) is 5.82 Å². The SMILES string of the molecule is COCCN(P)Cc1sc(NC(C)=O)nc1-c1cc(F)cc(C(F)(F)F)c1. The van der Waals surface area contributed by atoms with E-state index < -0.39 is 17.6 Å². The average molecular weight is 423 g/mol. The topological polar surface area (TPSA) is 54.5 Å². The van der Waals surface area contributed by atoms with Crippen LogP contribution in [0.25, 0.3) is 11.3 Å². The average Bonchev–Trinajstić information content (AvgIpc) is 2.93. The molecule has 1 N–H and O–H groups in total. The lowest BCUT2D eigenvalue weighted by molar-refractivity contribution is -0.137. The molecule has 2 rings (SSSR count). The Hall–Kier alpha value is -1.61. The molecular weight excluding hydrogens is 405 g/mol. The van der Waals surface area contributed by atoms with Crippen LogP contribution in [0.4, 0.5) is 22.7 Å². The number of amides is 1. The molecule has 148 valence electrons. The van der Waals surface area contributed by atoms with Gasteiger partial charge in [-0.3, -0.25) is 9.46 Å². The third-order valence-electron chi connectivity index (χ3n) is 3.41. The smallest absolute Gasteiger partial charge is 0.383 e. The molecule has 1 aromatic carbocycles. The van der Waals surface area contributed by atoms with E-state index in [4.69, 9.17) is 4.74 Å². The second kappa shape index (κ2) is 9.05. The summed E-state index contributed by atoms with van der Waals surface area (Å²) < 4.78 is 59.7. The molecule has 0 spiro atoms. The van der Waals surface area contributed by atoms with Crippen molar-refractivity contribution in [3.63, 3.8) is 0 Å². The Balaban J connectivity index is 2.46. The fourth-order valence-corrected chi connectivity index (χ4v) is 3.73. The predicted octanol–water partition coefficient (Wildman–Crippen LogP) is 4.16. The first-order valence-corrected chi connectivity index (χ1v) is 9.07. The first-order chi connectivity index (χ1) is 12.6. The minimum Gasteiger partial charge on any atom is -0.383 e. The fourth-order valence-electron chi connectivity index (χ4n) is 2.25. The molecule has 0 aliphatic heterocycles. The second-order valence-corrected chi connectivity index (χ2v) is 7.48. The van der Waals surface area contributed by atoms with Crippen molar-refractivity contribution in [3.8, 4) is 11.3 Å². The van der Waals surface area contributed by atoms with Gasteiger partial charge >= 0.3 is 6.18 Å². The summed E-state index contributed by atoms with van der Waals surface area (Å²) in [5.41, 5.74) is -0.909. The number of nitrogens with zero attached hydrogens (tertiary/aromatic N) is 2. The Morgan fingerprint density at radius 1 is 1.37 bits per heavy atom. The maximum absolute atomic E-state index is 13.8. The van der Waals surface area contributed by atoms with Crippen molar-refractivity contribution in [1.29, 1.82) is 0 Å². The quantitative estimate of drug-likeness (QED) is 0.537. The minimum atomic E-state index is -4.68. The van der Waals surface area contributed by atoms with Gasteiger partial charge < -0.3 is 10.1 Å². The van der Waals surface area contributed by atoms with Crippen LogP contribution in [0.1, 0.15) is 17.4 Å². The van der Waals surface area contributed by atoms with Crippen LogP contribution in [0, 0.1) is 5.82 Å². The lowest BCUT2D eigenvalue weighted by Crippen LogP contribution is -2.16. The fraction of sp³-hybridized carbons (Fsp3) is 0.375.